The van der Waals surface area contributed by atoms with Crippen LogP contribution in [0, 0.1) is 0 Å². The average molecular weight is 380 g/mol. The van der Waals surface area contributed by atoms with E-state index >= 15 is 0 Å². The third-order valence-corrected chi connectivity index (χ3v) is 5.38. The molecule has 0 amide bonds. The van der Waals surface area contributed by atoms with E-state index in [0.717, 1.165) is 0 Å². The first-order chi connectivity index (χ1) is 12.9. The molecule has 0 aliphatic heterocycles. The first kappa shape index (κ1) is 17.2. The number of furan rings is 1. The van der Waals surface area contributed by atoms with E-state index in [1.807, 2.05) is 35.7 Å². The number of carboxylic acids is 1. The number of rotatable bonds is 4. The van der Waals surface area contributed by atoms with Crippen LogP contribution in [0.3, 0.4) is 0 Å². The fraction of sp³-hybridized carbons (Fsp3) is 0.150. The maximum Gasteiger partial charge on any atom is 0.329 e. The number of thiophene rings is 1. The van der Waals surface area contributed by atoms with Gasteiger partial charge in [-0.2, -0.15) is 0 Å². The quantitative estimate of drug-likeness (QED) is 0.573. The lowest BCUT2D eigenvalue weighted by Gasteiger charge is -2.25. The molecule has 7 heteroatoms. The number of hydrogen-bond donors (Lipinski definition) is 1. The van der Waals surface area contributed by atoms with Gasteiger partial charge in [0.05, 0.1) is 11.6 Å². The predicted octanol–water partition coefficient (Wildman–Crippen LogP) is 4.20. The summed E-state index contributed by atoms with van der Waals surface area (Å²) in [5.74, 6) is -0.238. The smallest absolute Gasteiger partial charge is 0.329 e. The molecular formula is C20H16N2O4S. The van der Waals surface area contributed by atoms with Gasteiger partial charge in [0.25, 0.3) is 5.56 Å². The van der Waals surface area contributed by atoms with Crippen molar-refractivity contribution >= 4 is 27.5 Å². The van der Waals surface area contributed by atoms with Gasteiger partial charge in [-0.15, -0.1) is 11.3 Å². The largest absolute Gasteiger partial charge is 0.480 e. The van der Waals surface area contributed by atoms with Crippen molar-refractivity contribution in [3.63, 3.8) is 0 Å². The van der Waals surface area contributed by atoms with Crippen LogP contribution < -0.4 is 5.56 Å². The minimum Gasteiger partial charge on any atom is -0.480 e. The monoisotopic (exact) mass is 380 g/mol. The highest BCUT2D eigenvalue weighted by molar-refractivity contribution is 7.17. The number of hydrogen-bond acceptors (Lipinski definition) is 5. The number of aromatic nitrogens is 2. The molecule has 6 nitrogen and oxygen atoms in total. The van der Waals surface area contributed by atoms with Crippen LogP contribution in [0.2, 0.25) is 0 Å². The second-order valence-corrected chi connectivity index (χ2v) is 7.47. The van der Waals surface area contributed by atoms with Crippen LogP contribution >= 0.6 is 11.3 Å². The maximum absolute atomic E-state index is 13.5. The zero-order valence-electron chi connectivity index (χ0n) is 14.7. The normalized spacial score (nSPS) is 11.8. The molecule has 0 aliphatic carbocycles. The van der Waals surface area contributed by atoms with Gasteiger partial charge >= 0.3 is 5.97 Å². The Bertz CT molecular complexity index is 1190. The summed E-state index contributed by atoms with van der Waals surface area (Å²) in [7, 11) is 0. The summed E-state index contributed by atoms with van der Waals surface area (Å²) >= 11 is 1.33. The van der Waals surface area contributed by atoms with Gasteiger partial charge in [0, 0.05) is 16.5 Å². The molecule has 0 fully saturated rings. The topological polar surface area (TPSA) is 85.3 Å². The minimum atomic E-state index is -1.48. The Morgan fingerprint density at radius 3 is 2.56 bits per heavy atom. The first-order valence-corrected chi connectivity index (χ1v) is 9.16. The van der Waals surface area contributed by atoms with Gasteiger partial charge in [-0.1, -0.05) is 30.3 Å². The number of aliphatic carboxylic acids is 1. The summed E-state index contributed by atoms with van der Waals surface area (Å²) < 4.78 is 6.70. The number of benzene rings is 1. The van der Waals surface area contributed by atoms with Crippen LogP contribution in [0.15, 0.2) is 63.3 Å². The van der Waals surface area contributed by atoms with Crippen molar-refractivity contribution in [2.75, 3.05) is 0 Å². The molecule has 0 spiro atoms. The average Bonchev–Trinajstić information content (AvgIpc) is 3.31. The lowest BCUT2D eigenvalue weighted by Crippen LogP contribution is -2.44. The lowest BCUT2D eigenvalue weighted by atomic mass is 10.0. The molecule has 0 bridgehead atoms. The van der Waals surface area contributed by atoms with Crippen molar-refractivity contribution in [3.05, 3.63) is 64.5 Å². The van der Waals surface area contributed by atoms with E-state index in [4.69, 9.17) is 4.42 Å². The van der Waals surface area contributed by atoms with Crippen molar-refractivity contribution < 1.29 is 14.3 Å². The molecule has 4 rings (SSSR count). The highest BCUT2D eigenvalue weighted by Gasteiger charge is 2.35. The Kier molecular flexibility index (Phi) is 3.96. The van der Waals surface area contributed by atoms with Gasteiger partial charge in [-0.05, 0) is 26.0 Å². The van der Waals surface area contributed by atoms with E-state index in [-0.39, 0.29) is 0 Å². The Morgan fingerprint density at radius 2 is 1.93 bits per heavy atom. The molecule has 0 radical (unpaired) electrons. The molecule has 1 aromatic carbocycles. The van der Waals surface area contributed by atoms with E-state index in [1.54, 1.807) is 12.1 Å². The first-order valence-electron chi connectivity index (χ1n) is 8.28. The van der Waals surface area contributed by atoms with Crippen molar-refractivity contribution in [1.82, 2.24) is 9.55 Å². The molecule has 0 aliphatic rings. The molecule has 136 valence electrons. The van der Waals surface area contributed by atoms with Crippen molar-refractivity contribution in [1.29, 1.82) is 0 Å². The van der Waals surface area contributed by atoms with Gasteiger partial charge in [-0.3, -0.25) is 9.36 Å². The second-order valence-electron chi connectivity index (χ2n) is 6.61. The van der Waals surface area contributed by atoms with Crippen LogP contribution in [0.4, 0.5) is 0 Å². The minimum absolute atomic E-state index is 0.327. The van der Waals surface area contributed by atoms with Crippen LogP contribution in [0.5, 0.6) is 0 Å². The van der Waals surface area contributed by atoms with Gasteiger partial charge < -0.3 is 9.52 Å². The highest BCUT2D eigenvalue weighted by Crippen LogP contribution is 2.34. The molecule has 4 aromatic rings. The number of fused-ring (bicyclic) bond motifs is 1. The SMILES string of the molecule is CC(C)(C(=O)O)n1c(-c2ccccc2)nc2scc(-c3ccco3)c2c1=O. The molecule has 3 heterocycles. The molecular weight excluding hydrogens is 364 g/mol. The van der Waals surface area contributed by atoms with E-state index < -0.39 is 17.1 Å². The summed E-state index contributed by atoms with van der Waals surface area (Å²) in [5.41, 5.74) is -0.587. The van der Waals surface area contributed by atoms with E-state index in [1.165, 1.54) is 36.0 Å². The van der Waals surface area contributed by atoms with Gasteiger partial charge in [-0.25, -0.2) is 9.78 Å². The second kappa shape index (κ2) is 6.21. The summed E-state index contributed by atoms with van der Waals surface area (Å²) in [5, 5.41) is 11.9. The molecule has 0 saturated heterocycles. The Hall–Kier alpha value is -3.19. The van der Waals surface area contributed by atoms with Crippen LogP contribution in [-0.2, 0) is 10.3 Å². The highest BCUT2D eigenvalue weighted by atomic mass is 32.1. The molecule has 27 heavy (non-hydrogen) atoms. The molecule has 0 unspecified atom stereocenters. The van der Waals surface area contributed by atoms with Crippen LogP contribution in [0.1, 0.15) is 13.8 Å². The van der Waals surface area contributed by atoms with Crippen LogP contribution in [0.25, 0.3) is 32.9 Å². The third-order valence-electron chi connectivity index (χ3n) is 4.51. The summed E-state index contributed by atoms with van der Waals surface area (Å²) in [6, 6.07) is 12.6. The number of carbonyl (C=O) groups is 1. The van der Waals surface area contributed by atoms with Gasteiger partial charge in [0.1, 0.15) is 22.0 Å². The fourth-order valence-electron chi connectivity index (χ4n) is 3.00. The van der Waals surface area contributed by atoms with Crippen LogP contribution in [-0.4, -0.2) is 20.6 Å². The lowest BCUT2D eigenvalue weighted by molar-refractivity contribution is -0.145. The number of nitrogens with zero attached hydrogens (tertiary/aromatic N) is 2. The van der Waals surface area contributed by atoms with Gasteiger partial charge in [0.15, 0.2) is 0 Å². The Labute approximate surface area is 158 Å². The zero-order chi connectivity index (χ0) is 19.2. The summed E-state index contributed by atoms with van der Waals surface area (Å²) in [6.45, 7) is 2.99. The predicted molar refractivity (Wildman–Crippen MR) is 104 cm³/mol. The maximum atomic E-state index is 13.5. The third kappa shape index (κ3) is 2.67. The molecule has 1 N–H and O–H groups in total. The molecule has 0 saturated carbocycles. The van der Waals surface area contributed by atoms with Crippen molar-refractivity contribution in [2.45, 2.75) is 19.4 Å². The summed E-state index contributed by atoms with van der Waals surface area (Å²) in [4.78, 5) is 30.6. The summed E-state index contributed by atoms with van der Waals surface area (Å²) in [6.07, 6.45) is 1.53. The van der Waals surface area contributed by atoms with E-state index in [2.05, 4.69) is 4.98 Å². The van der Waals surface area contributed by atoms with Crippen molar-refractivity contribution in [3.8, 4) is 22.7 Å². The Morgan fingerprint density at radius 1 is 1.19 bits per heavy atom. The fourth-order valence-corrected chi connectivity index (χ4v) is 3.92. The van der Waals surface area contributed by atoms with E-state index in [0.29, 0.717) is 32.9 Å². The van der Waals surface area contributed by atoms with Gasteiger partial charge in [0.2, 0.25) is 0 Å². The Balaban J connectivity index is 2.13. The van der Waals surface area contributed by atoms with Crippen molar-refractivity contribution in [2.24, 2.45) is 0 Å². The molecule has 0 atom stereocenters. The van der Waals surface area contributed by atoms with E-state index in [9.17, 15) is 14.7 Å². The standard InChI is InChI=1S/C20H16N2O4S/c1-20(2,19(24)25)22-16(12-7-4-3-5-8-12)21-17-15(18(22)23)13(11-27-17)14-9-6-10-26-14/h3-11H,1-2H3,(H,24,25). The zero-order valence-corrected chi connectivity index (χ0v) is 15.5. The molecule has 3 aromatic heterocycles. The number of carboxylic acid groups (broad SMARTS) is 1.